The van der Waals surface area contributed by atoms with Crippen LogP contribution in [-0.2, 0) is 5.41 Å². The zero-order chi connectivity index (χ0) is 6.91. The molecule has 1 aromatic heterocycles. The highest BCUT2D eigenvalue weighted by atomic mass is 16.3. The molecule has 1 heterocycles. The zero-order valence-electron chi connectivity index (χ0n) is 6.06. The molecular formula is C8H11O. The van der Waals surface area contributed by atoms with E-state index in [1.54, 1.807) is 6.07 Å². The van der Waals surface area contributed by atoms with Crippen LogP contribution in [0.15, 0.2) is 16.5 Å². The Morgan fingerprint density at radius 2 is 2.11 bits per heavy atom. The lowest BCUT2D eigenvalue weighted by Gasteiger charge is -2.13. The van der Waals surface area contributed by atoms with Crippen LogP contribution in [0.5, 0.6) is 0 Å². The minimum Gasteiger partial charge on any atom is -0.457 e. The quantitative estimate of drug-likeness (QED) is 0.516. The molecule has 0 unspecified atom stereocenters. The first-order chi connectivity index (χ1) is 4.11. The Labute approximate surface area is 55.7 Å². The highest BCUT2D eigenvalue weighted by molar-refractivity contribution is 5.07. The standard InChI is InChI=1S/C8H11O/c1-8(2,3)7-5-4-6-9-7/h4-5H,1-3H3. The molecule has 1 radical (unpaired) electrons. The molecule has 0 saturated carbocycles. The number of furan rings is 1. The van der Waals surface area contributed by atoms with E-state index in [9.17, 15) is 0 Å². The Bertz CT molecular complexity index is 167. The maximum Gasteiger partial charge on any atom is 0.169 e. The molecule has 0 amide bonds. The summed E-state index contributed by atoms with van der Waals surface area (Å²) in [6.45, 7) is 6.33. The topological polar surface area (TPSA) is 13.1 Å². The van der Waals surface area contributed by atoms with Gasteiger partial charge in [0.2, 0.25) is 0 Å². The van der Waals surface area contributed by atoms with E-state index >= 15 is 0 Å². The Morgan fingerprint density at radius 1 is 1.44 bits per heavy atom. The van der Waals surface area contributed by atoms with Crippen LogP contribution in [0.1, 0.15) is 26.5 Å². The number of hydrogen-bond donors (Lipinski definition) is 0. The Hall–Kier alpha value is -0.720. The zero-order valence-corrected chi connectivity index (χ0v) is 6.06. The van der Waals surface area contributed by atoms with Gasteiger partial charge in [-0.3, -0.25) is 0 Å². The van der Waals surface area contributed by atoms with Gasteiger partial charge >= 0.3 is 0 Å². The lowest BCUT2D eigenvalue weighted by molar-refractivity contribution is 0.405. The highest BCUT2D eigenvalue weighted by Crippen LogP contribution is 2.21. The molecule has 9 heavy (non-hydrogen) atoms. The van der Waals surface area contributed by atoms with Crippen LogP contribution >= 0.6 is 0 Å². The molecule has 1 aromatic rings. The van der Waals surface area contributed by atoms with Gasteiger partial charge in [0.25, 0.3) is 0 Å². The predicted molar refractivity (Wildman–Crippen MR) is 36.2 cm³/mol. The summed E-state index contributed by atoms with van der Waals surface area (Å²) < 4.78 is 5.07. The van der Waals surface area contributed by atoms with Crippen LogP contribution < -0.4 is 0 Å². The number of rotatable bonds is 0. The fraction of sp³-hybridized carbons (Fsp3) is 0.500. The molecule has 0 bridgehead atoms. The first kappa shape index (κ1) is 6.40. The minimum atomic E-state index is 0.125. The predicted octanol–water partition coefficient (Wildman–Crippen LogP) is 2.38. The molecular weight excluding hydrogens is 112 g/mol. The van der Waals surface area contributed by atoms with Crippen LogP contribution in [0, 0.1) is 6.26 Å². The van der Waals surface area contributed by atoms with Crippen molar-refractivity contribution in [3.63, 3.8) is 0 Å². The average molecular weight is 123 g/mol. The molecule has 0 saturated heterocycles. The van der Waals surface area contributed by atoms with Crippen molar-refractivity contribution < 1.29 is 4.42 Å². The molecule has 49 valence electrons. The molecule has 0 spiro atoms. The summed E-state index contributed by atoms with van der Waals surface area (Å²) in [5, 5.41) is 0. The second-order valence-electron chi connectivity index (χ2n) is 3.17. The van der Waals surface area contributed by atoms with Crippen molar-refractivity contribution in [3.05, 3.63) is 24.2 Å². The summed E-state index contributed by atoms with van der Waals surface area (Å²) in [6.07, 6.45) is 2.66. The fourth-order valence-electron chi connectivity index (χ4n) is 0.644. The molecule has 1 rings (SSSR count). The average Bonchev–Trinajstić information content (AvgIpc) is 2.08. The first-order valence-electron chi connectivity index (χ1n) is 3.07. The van der Waals surface area contributed by atoms with Crippen molar-refractivity contribution in [2.75, 3.05) is 0 Å². The van der Waals surface area contributed by atoms with Crippen molar-refractivity contribution in [3.8, 4) is 0 Å². The summed E-state index contributed by atoms with van der Waals surface area (Å²) in [5.74, 6) is 0.988. The third-order valence-electron chi connectivity index (χ3n) is 1.21. The summed E-state index contributed by atoms with van der Waals surface area (Å²) in [6, 6.07) is 3.74. The molecule has 1 nitrogen and oxygen atoms in total. The Morgan fingerprint density at radius 3 is 2.33 bits per heavy atom. The van der Waals surface area contributed by atoms with E-state index in [1.165, 1.54) is 0 Å². The van der Waals surface area contributed by atoms with Gasteiger partial charge in [0, 0.05) is 5.41 Å². The van der Waals surface area contributed by atoms with Gasteiger partial charge in [-0.2, -0.15) is 0 Å². The van der Waals surface area contributed by atoms with Gasteiger partial charge < -0.3 is 4.42 Å². The first-order valence-corrected chi connectivity index (χ1v) is 3.07. The van der Waals surface area contributed by atoms with E-state index in [0.29, 0.717) is 0 Å². The van der Waals surface area contributed by atoms with Crippen molar-refractivity contribution in [2.45, 2.75) is 26.2 Å². The van der Waals surface area contributed by atoms with E-state index in [-0.39, 0.29) is 5.41 Å². The molecule has 0 atom stereocenters. The van der Waals surface area contributed by atoms with Gasteiger partial charge in [-0.15, -0.1) is 0 Å². The fourth-order valence-corrected chi connectivity index (χ4v) is 0.644. The van der Waals surface area contributed by atoms with E-state index in [4.69, 9.17) is 4.42 Å². The maximum absolute atomic E-state index is 5.07. The lowest BCUT2D eigenvalue weighted by Crippen LogP contribution is -2.08. The van der Waals surface area contributed by atoms with Crippen LogP contribution in [0.25, 0.3) is 0 Å². The van der Waals surface area contributed by atoms with Crippen LogP contribution in [0.4, 0.5) is 0 Å². The highest BCUT2D eigenvalue weighted by Gasteiger charge is 2.15. The normalized spacial score (nSPS) is 11.9. The smallest absolute Gasteiger partial charge is 0.169 e. The molecule has 1 heteroatoms. The third kappa shape index (κ3) is 1.35. The van der Waals surface area contributed by atoms with Crippen molar-refractivity contribution >= 4 is 0 Å². The molecule has 0 aromatic carbocycles. The van der Waals surface area contributed by atoms with Gasteiger partial charge in [0.05, 0.1) is 0 Å². The summed E-state index contributed by atoms with van der Waals surface area (Å²) in [7, 11) is 0. The second-order valence-corrected chi connectivity index (χ2v) is 3.17. The molecule has 0 N–H and O–H groups in total. The van der Waals surface area contributed by atoms with E-state index < -0.39 is 0 Å². The largest absolute Gasteiger partial charge is 0.457 e. The Balaban J connectivity index is 2.90. The van der Waals surface area contributed by atoms with Crippen molar-refractivity contribution in [2.24, 2.45) is 0 Å². The Kier molecular flexibility index (Phi) is 1.35. The van der Waals surface area contributed by atoms with Crippen molar-refractivity contribution in [1.82, 2.24) is 0 Å². The molecule has 0 aliphatic carbocycles. The summed E-state index contributed by atoms with van der Waals surface area (Å²) in [4.78, 5) is 0. The maximum atomic E-state index is 5.07. The monoisotopic (exact) mass is 123 g/mol. The van der Waals surface area contributed by atoms with Gasteiger partial charge in [-0.25, -0.2) is 0 Å². The van der Waals surface area contributed by atoms with Crippen LogP contribution in [0.3, 0.4) is 0 Å². The summed E-state index contributed by atoms with van der Waals surface area (Å²) in [5.41, 5.74) is 0.125. The number of hydrogen-bond acceptors (Lipinski definition) is 1. The molecule has 0 fully saturated rings. The SMILES string of the molecule is CC(C)(C)c1cc[c]o1. The van der Waals surface area contributed by atoms with Gasteiger partial charge in [0.1, 0.15) is 5.76 Å². The molecule has 0 aliphatic heterocycles. The van der Waals surface area contributed by atoms with Crippen LogP contribution in [0.2, 0.25) is 0 Å². The van der Waals surface area contributed by atoms with E-state index in [2.05, 4.69) is 27.0 Å². The lowest BCUT2D eigenvalue weighted by atomic mass is 9.94. The minimum absolute atomic E-state index is 0.125. The van der Waals surface area contributed by atoms with E-state index in [0.717, 1.165) is 5.76 Å². The molecule has 0 aliphatic rings. The van der Waals surface area contributed by atoms with Crippen LogP contribution in [-0.4, -0.2) is 0 Å². The third-order valence-corrected chi connectivity index (χ3v) is 1.21. The van der Waals surface area contributed by atoms with E-state index in [1.807, 2.05) is 6.07 Å². The van der Waals surface area contributed by atoms with Gasteiger partial charge in [-0.1, -0.05) is 20.8 Å². The summed E-state index contributed by atoms with van der Waals surface area (Å²) >= 11 is 0. The second kappa shape index (κ2) is 1.90. The van der Waals surface area contributed by atoms with Crippen molar-refractivity contribution in [1.29, 1.82) is 0 Å². The van der Waals surface area contributed by atoms with Gasteiger partial charge in [0.15, 0.2) is 6.26 Å². The van der Waals surface area contributed by atoms with Gasteiger partial charge in [-0.05, 0) is 12.1 Å².